The van der Waals surface area contributed by atoms with Crippen LogP contribution in [0.4, 0.5) is 0 Å². The molecule has 2 aromatic carbocycles. The van der Waals surface area contributed by atoms with E-state index in [1.165, 1.54) is 15.9 Å². The zero-order valence-corrected chi connectivity index (χ0v) is 24.0. The molecular weight excluding hydrogens is 612 g/mol. The topological polar surface area (TPSA) is 90.1 Å². The highest BCUT2D eigenvalue weighted by Gasteiger charge is 2.35. The minimum absolute atomic E-state index is 0.0136. The van der Waals surface area contributed by atoms with Gasteiger partial charge in [0.1, 0.15) is 17.5 Å². The number of fused-ring (bicyclic) bond motifs is 1. The molecule has 10 heteroatoms. The van der Waals surface area contributed by atoms with E-state index in [0.29, 0.717) is 36.4 Å². The summed E-state index contributed by atoms with van der Waals surface area (Å²) in [5.41, 5.74) is 1.53. The second-order valence-corrected chi connectivity index (χ2v) is 11.1. The third-order valence-electron chi connectivity index (χ3n) is 5.44. The van der Waals surface area contributed by atoms with Gasteiger partial charge in [-0.3, -0.25) is 9.36 Å². The molecule has 7 nitrogen and oxygen atoms in total. The van der Waals surface area contributed by atoms with Crippen molar-refractivity contribution in [2.75, 3.05) is 6.61 Å². The number of hydrogen-bond donors (Lipinski definition) is 1. The minimum atomic E-state index is -0.791. The van der Waals surface area contributed by atoms with Gasteiger partial charge in [-0.2, -0.15) is 0 Å². The van der Waals surface area contributed by atoms with E-state index in [9.17, 15) is 14.7 Å². The summed E-state index contributed by atoms with van der Waals surface area (Å²) >= 11 is 7.93. The smallest absolute Gasteiger partial charge is 0.338 e. The van der Waals surface area contributed by atoms with E-state index in [1.54, 1.807) is 32.1 Å². The number of aromatic hydroxyl groups is 1. The molecule has 0 radical (unpaired) electrons. The Kier molecular flexibility index (Phi) is 7.87. The molecule has 0 saturated heterocycles. The van der Waals surface area contributed by atoms with Gasteiger partial charge >= 0.3 is 5.97 Å². The Balaban J connectivity index is 2.01. The molecule has 0 fully saturated rings. The molecule has 188 valence electrons. The zero-order valence-electron chi connectivity index (χ0n) is 20.0. The van der Waals surface area contributed by atoms with Crippen molar-refractivity contribution < 1.29 is 19.4 Å². The second kappa shape index (κ2) is 10.7. The van der Waals surface area contributed by atoms with Crippen molar-refractivity contribution in [1.82, 2.24) is 4.57 Å². The lowest BCUT2D eigenvalue weighted by Gasteiger charge is -2.26. The predicted molar refractivity (Wildman–Crippen MR) is 146 cm³/mol. The van der Waals surface area contributed by atoms with Crippen LogP contribution in [0.1, 0.15) is 44.9 Å². The van der Waals surface area contributed by atoms with Gasteiger partial charge in [0.25, 0.3) is 5.56 Å². The molecule has 1 aliphatic heterocycles. The molecule has 3 aromatic rings. The highest BCUT2D eigenvalue weighted by Crippen LogP contribution is 2.36. The number of benzene rings is 2. The van der Waals surface area contributed by atoms with Crippen LogP contribution in [0.15, 0.2) is 66.4 Å². The maximum absolute atomic E-state index is 13.8. The minimum Gasteiger partial charge on any atom is -0.506 e. The van der Waals surface area contributed by atoms with Crippen LogP contribution in [0.5, 0.6) is 11.5 Å². The first-order valence-corrected chi connectivity index (χ1v) is 13.7. The number of ether oxygens (including phenoxy) is 2. The van der Waals surface area contributed by atoms with Gasteiger partial charge in [0.15, 0.2) is 4.80 Å². The van der Waals surface area contributed by atoms with Crippen LogP contribution < -0.4 is 19.6 Å². The number of thiazole rings is 1. The lowest BCUT2D eigenvalue weighted by Crippen LogP contribution is -2.40. The van der Waals surface area contributed by atoms with E-state index < -0.39 is 12.0 Å². The number of aromatic nitrogens is 1. The SMILES string of the molecule is CCOC(=O)C1=C(C)N=c2sc(=Cc3cc(Br)cc(Br)c3O)c(=O)n2C1c1ccccc1OC(C)C. The fourth-order valence-electron chi connectivity index (χ4n) is 3.99. The molecule has 0 saturated carbocycles. The normalized spacial score (nSPS) is 15.6. The molecule has 1 aliphatic rings. The van der Waals surface area contributed by atoms with Crippen molar-refractivity contribution in [1.29, 1.82) is 0 Å². The average molecular weight is 636 g/mol. The Hall–Kier alpha value is -2.69. The molecule has 36 heavy (non-hydrogen) atoms. The number of para-hydroxylation sites is 1. The van der Waals surface area contributed by atoms with Gasteiger partial charge in [-0.05, 0) is 67.9 Å². The van der Waals surface area contributed by atoms with Gasteiger partial charge in [-0.25, -0.2) is 9.79 Å². The predicted octanol–water partition coefficient (Wildman–Crippen LogP) is 4.82. The van der Waals surface area contributed by atoms with Gasteiger partial charge in [0.05, 0.1) is 33.0 Å². The van der Waals surface area contributed by atoms with Gasteiger partial charge in [-0.1, -0.05) is 45.5 Å². The highest BCUT2D eigenvalue weighted by atomic mass is 79.9. The third-order valence-corrected chi connectivity index (χ3v) is 7.48. The number of phenols is 1. The fraction of sp³-hybridized carbons (Fsp3) is 0.269. The number of allylic oxidation sites excluding steroid dienone is 1. The number of hydrogen-bond acceptors (Lipinski definition) is 7. The number of nitrogens with zero attached hydrogens (tertiary/aromatic N) is 2. The summed E-state index contributed by atoms with van der Waals surface area (Å²) in [5.74, 6) is 0.0442. The van der Waals surface area contributed by atoms with Crippen LogP contribution in [0, 0.1) is 0 Å². The van der Waals surface area contributed by atoms with Crippen LogP contribution in [0.2, 0.25) is 0 Å². The fourth-order valence-corrected chi connectivity index (χ4v) is 6.29. The third kappa shape index (κ3) is 5.07. The summed E-state index contributed by atoms with van der Waals surface area (Å²) in [6.07, 6.45) is 1.50. The summed E-state index contributed by atoms with van der Waals surface area (Å²) in [5, 5.41) is 10.5. The molecular formula is C26H24Br2N2O5S. The largest absolute Gasteiger partial charge is 0.506 e. The van der Waals surface area contributed by atoms with Crippen molar-refractivity contribution in [3.8, 4) is 11.5 Å². The molecule has 0 amide bonds. The van der Waals surface area contributed by atoms with Gasteiger partial charge in [0, 0.05) is 15.6 Å². The number of carbonyl (C=O) groups excluding carboxylic acids is 1. The summed E-state index contributed by atoms with van der Waals surface area (Å²) in [7, 11) is 0. The van der Waals surface area contributed by atoms with Crippen LogP contribution in [-0.4, -0.2) is 28.4 Å². The maximum Gasteiger partial charge on any atom is 0.338 e. The number of rotatable bonds is 6. The first-order valence-electron chi connectivity index (χ1n) is 11.3. The summed E-state index contributed by atoms with van der Waals surface area (Å²) in [6.45, 7) is 7.49. The zero-order chi connectivity index (χ0) is 26.1. The quantitative estimate of drug-likeness (QED) is 0.393. The van der Waals surface area contributed by atoms with Crippen molar-refractivity contribution in [2.45, 2.75) is 39.8 Å². The summed E-state index contributed by atoms with van der Waals surface area (Å²) in [6, 6.07) is 9.99. The Morgan fingerprint density at radius 1 is 1.28 bits per heavy atom. The van der Waals surface area contributed by atoms with E-state index >= 15 is 0 Å². The van der Waals surface area contributed by atoms with E-state index in [2.05, 4.69) is 36.9 Å². The Morgan fingerprint density at radius 2 is 2.00 bits per heavy atom. The molecule has 0 bridgehead atoms. The Labute approximate surface area is 228 Å². The molecule has 0 spiro atoms. The van der Waals surface area contributed by atoms with Gasteiger partial charge < -0.3 is 14.6 Å². The monoisotopic (exact) mass is 634 g/mol. The number of halogens is 2. The number of esters is 1. The maximum atomic E-state index is 13.8. The lowest BCUT2D eigenvalue weighted by atomic mass is 9.95. The molecule has 2 heterocycles. The summed E-state index contributed by atoms with van der Waals surface area (Å²) < 4.78 is 14.5. The van der Waals surface area contributed by atoms with Crippen molar-refractivity contribution in [3.63, 3.8) is 0 Å². The lowest BCUT2D eigenvalue weighted by molar-refractivity contribution is -0.139. The van der Waals surface area contributed by atoms with Crippen molar-refractivity contribution >= 4 is 55.2 Å². The van der Waals surface area contributed by atoms with Crippen LogP contribution in [-0.2, 0) is 9.53 Å². The molecule has 1 unspecified atom stereocenters. The standard InChI is InChI=1S/C26H24Br2N2O5S/c1-5-34-25(33)21-14(4)29-26-30(22(21)17-8-6-7-9-19(17)35-13(2)3)24(32)20(36-26)11-15-10-16(27)12-18(28)23(15)31/h6-13,22,31H,5H2,1-4H3. The van der Waals surface area contributed by atoms with E-state index in [1.807, 2.05) is 38.1 Å². The molecule has 1 atom stereocenters. The molecule has 1 aromatic heterocycles. The molecule has 1 N–H and O–H groups in total. The van der Waals surface area contributed by atoms with Gasteiger partial charge in [-0.15, -0.1) is 0 Å². The highest BCUT2D eigenvalue weighted by molar-refractivity contribution is 9.11. The Bertz CT molecular complexity index is 1560. The Morgan fingerprint density at radius 3 is 2.69 bits per heavy atom. The van der Waals surface area contributed by atoms with Crippen LogP contribution in [0.25, 0.3) is 6.08 Å². The molecule has 4 rings (SSSR count). The first kappa shape index (κ1) is 26.4. The average Bonchev–Trinajstić information content (AvgIpc) is 3.11. The first-order chi connectivity index (χ1) is 17.1. The van der Waals surface area contributed by atoms with Crippen LogP contribution >= 0.6 is 43.2 Å². The van der Waals surface area contributed by atoms with Crippen LogP contribution in [0.3, 0.4) is 0 Å². The van der Waals surface area contributed by atoms with Gasteiger partial charge in [0.2, 0.25) is 0 Å². The van der Waals surface area contributed by atoms with E-state index in [-0.39, 0.29) is 29.6 Å². The van der Waals surface area contributed by atoms with E-state index in [0.717, 1.165) is 4.47 Å². The second-order valence-electron chi connectivity index (χ2n) is 8.33. The molecule has 0 aliphatic carbocycles. The van der Waals surface area contributed by atoms with E-state index in [4.69, 9.17) is 9.47 Å². The number of phenolic OH excluding ortho intramolecular Hbond substituents is 1. The summed E-state index contributed by atoms with van der Waals surface area (Å²) in [4.78, 5) is 32.0. The van der Waals surface area contributed by atoms with Crippen molar-refractivity contribution in [2.24, 2.45) is 4.99 Å². The number of carbonyl (C=O) groups is 1. The van der Waals surface area contributed by atoms with Crippen molar-refractivity contribution in [3.05, 3.63) is 87.4 Å².